The summed E-state index contributed by atoms with van der Waals surface area (Å²) in [5, 5.41) is 0. The Hall–Kier alpha value is -1.30. The van der Waals surface area contributed by atoms with Crippen LogP contribution in [0.3, 0.4) is 0 Å². The van der Waals surface area contributed by atoms with Gasteiger partial charge in [-0.1, -0.05) is 79.1 Å². The van der Waals surface area contributed by atoms with Gasteiger partial charge in [0.25, 0.3) is 0 Å². The van der Waals surface area contributed by atoms with E-state index < -0.39 is 0 Å². The minimum absolute atomic E-state index is 0. The summed E-state index contributed by atoms with van der Waals surface area (Å²) in [4.78, 5) is 0. The van der Waals surface area contributed by atoms with Crippen LogP contribution < -0.4 is 0 Å². The Labute approximate surface area is 109 Å². The second-order valence-corrected chi connectivity index (χ2v) is 3.97. The third kappa shape index (κ3) is 5.04. The summed E-state index contributed by atoms with van der Waals surface area (Å²) in [6.45, 7) is 14.4. The molecule has 0 saturated carbocycles. The molecule has 98 valence electrons. The van der Waals surface area contributed by atoms with Crippen LogP contribution in [0.15, 0.2) is 31.4 Å². The molecule has 1 rings (SSSR count). The standard InChI is InChI=1S/C14H18.3CH4/c1-6-13-9-11(4)7-8-14(13)12(5)10(2)3;;;/h6-10H,1,5H2,2-4H3;3*1H4. The molecule has 0 aliphatic heterocycles. The Kier molecular flexibility index (Phi) is 10.9. The van der Waals surface area contributed by atoms with E-state index in [1.54, 1.807) is 0 Å². The number of benzene rings is 1. The van der Waals surface area contributed by atoms with Crippen LogP contribution in [0.25, 0.3) is 11.6 Å². The average Bonchev–Trinajstić information content (AvgIpc) is 2.16. The van der Waals surface area contributed by atoms with E-state index in [4.69, 9.17) is 0 Å². The lowest BCUT2D eigenvalue weighted by Crippen LogP contribution is -1.95. The first-order valence-electron chi connectivity index (χ1n) is 4.98. The molecule has 0 atom stereocenters. The van der Waals surface area contributed by atoms with Gasteiger partial charge in [0.2, 0.25) is 0 Å². The topological polar surface area (TPSA) is 0 Å². The number of allylic oxidation sites excluding steroid dienone is 1. The third-order valence-corrected chi connectivity index (χ3v) is 2.47. The lowest BCUT2D eigenvalue weighted by atomic mass is 9.92. The molecule has 1 aromatic rings. The van der Waals surface area contributed by atoms with E-state index in [1.807, 2.05) is 6.08 Å². The Balaban J connectivity index is -0.000000653. The van der Waals surface area contributed by atoms with Gasteiger partial charge in [0.1, 0.15) is 0 Å². The summed E-state index contributed by atoms with van der Waals surface area (Å²) in [5.74, 6) is 0.483. The van der Waals surface area contributed by atoms with Gasteiger partial charge in [-0.25, -0.2) is 0 Å². The fraction of sp³-hybridized carbons (Fsp3) is 0.412. The predicted molar refractivity (Wildman–Crippen MR) is 85.3 cm³/mol. The molecule has 0 fully saturated rings. The maximum atomic E-state index is 4.11. The summed E-state index contributed by atoms with van der Waals surface area (Å²) in [6.07, 6.45) is 1.90. The van der Waals surface area contributed by atoms with Crippen molar-refractivity contribution in [1.29, 1.82) is 0 Å². The Morgan fingerprint density at radius 1 is 1.18 bits per heavy atom. The molecule has 0 amide bonds. The van der Waals surface area contributed by atoms with Gasteiger partial charge >= 0.3 is 0 Å². The van der Waals surface area contributed by atoms with Gasteiger partial charge in [-0.2, -0.15) is 0 Å². The zero-order valence-corrected chi connectivity index (χ0v) is 9.30. The lowest BCUT2D eigenvalue weighted by Gasteiger charge is -2.13. The minimum Gasteiger partial charge on any atom is -0.0984 e. The van der Waals surface area contributed by atoms with Gasteiger partial charge in [-0.15, -0.1) is 0 Å². The maximum absolute atomic E-state index is 4.11. The van der Waals surface area contributed by atoms with Crippen LogP contribution >= 0.6 is 0 Å². The highest BCUT2D eigenvalue weighted by Crippen LogP contribution is 2.25. The molecule has 1 aromatic carbocycles. The van der Waals surface area contributed by atoms with Crippen molar-refractivity contribution in [3.8, 4) is 0 Å². The molecule has 17 heavy (non-hydrogen) atoms. The minimum atomic E-state index is 0. The fourth-order valence-electron chi connectivity index (χ4n) is 1.45. The van der Waals surface area contributed by atoms with Crippen molar-refractivity contribution in [2.24, 2.45) is 5.92 Å². The molecule has 0 radical (unpaired) electrons. The summed E-state index contributed by atoms with van der Waals surface area (Å²) < 4.78 is 0. The molecular weight excluding hydrogens is 204 g/mol. The van der Waals surface area contributed by atoms with Crippen LogP contribution in [0.2, 0.25) is 0 Å². The first kappa shape index (κ1) is 21.0. The van der Waals surface area contributed by atoms with E-state index in [0.717, 1.165) is 0 Å². The van der Waals surface area contributed by atoms with Gasteiger partial charge in [0, 0.05) is 0 Å². The predicted octanol–water partition coefficient (Wildman–Crippen LogP) is 6.22. The maximum Gasteiger partial charge on any atom is -0.0155 e. The fourth-order valence-corrected chi connectivity index (χ4v) is 1.45. The highest BCUT2D eigenvalue weighted by molar-refractivity contribution is 5.73. The number of rotatable bonds is 3. The van der Waals surface area contributed by atoms with E-state index in [2.05, 4.69) is 52.1 Å². The van der Waals surface area contributed by atoms with Gasteiger partial charge < -0.3 is 0 Å². The summed E-state index contributed by atoms with van der Waals surface area (Å²) in [5.41, 5.74) is 4.85. The molecule has 0 aromatic heterocycles. The number of hydrogen-bond donors (Lipinski definition) is 0. The second-order valence-electron chi connectivity index (χ2n) is 3.97. The monoisotopic (exact) mass is 234 g/mol. The van der Waals surface area contributed by atoms with Crippen LogP contribution in [0.1, 0.15) is 52.8 Å². The van der Waals surface area contributed by atoms with Crippen LogP contribution in [0.4, 0.5) is 0 Å². The van der Waals surface area contributed by atoms with Crippen LogP contribution in [0, 0.1) is 12.8 Å². The molecule has 0 spiro atoms. The highest BCUT2D eigenvalue weighted by Gasteiger charge is 2.06. The van der Waals surface area contributed by atoms with Crippen LogP contribution in [-0.4, -0.2) is 0 Å². The molecule has 0 N–H and O–H groups in total. The van der Waals surface area contributed by atoms with E-state index in [9.17, 15) is 0 Å². The quantitative estimate of drug-likeness (QED) is 0.582. The summed E-state index contributed by atoms with van der Waals surface area (Å²) >= 11 is 0. The second kappa shape index (κ2) is 8.81. The molecule has 0 saturated heterocycles. The van der Waals surface area contributed by atoms with Crippen molar-refractivity contribution in [2.75, 3.05) is 0 Å². The zero-order valence-electron chi connectivity index (χ0n) is 9.30. The molecule has 0 aliphatic carbocycles. The zero-order chi connectivity index (χ0) is 10.7. The third-order valence-electron chi connectivity index (χ3n) is 2.47. The van der Waals surface area contributed by atoms with E-state index >= 15 is 0 Å². The first-order chi connectivity index (χ1) is 6.56. The Bertz CT molecular complexity index is 356. The van der Waals surface area contributed by atoms with Crippen molar-refractivity contribution in [1.82, 2.24) is 0 Å². The summed E-state index contributed by atoms with van der Waals surface area (Å²) in [7, 11) is 0. The number of hydrogen-bond acceptors (Lipinski definition) is 0. The van der Waals surface area contributed by atoms with Gasteiger partial charge in [-0.3, -0.25) is 0 Å². The largest absolute Gasteiger partial charge is 0.0984 e. The smallest absolute Gasteiger partial charge is 0.0155 e. The van der Waals surface area contributed by atoms with Crippen molar-refractivity contribution in [3.05, 3.63) is 48.0 Å². The van der Waals surface area contributed by atoms with E-state index in [-0.39, 0.29) is 22.3 Å². The summed E-state index contributed by atoms with van der Waals surface area (Å²) in [6, 6.07) is 6.40. The molecule has 0 heteroatoms. The molecule has 0 unspecified atom stereocenters. The molecule has 0 heterocycles. The normalized spacial score (nSPS) is 8.47. The van der Waals surface area contributed by atoms with E-state index in [0.29, 0.717) is 5.92 Å². The SMILES string of the molecule is C.C.C.C=Cc1cc(C)ccc1C(=C)C(C)C. The first-order valence-corrected chi connectivity index (χ1v) is 4.98. The van der Waals surface area contributed by atoms with Crippen molar-refractivity contribution < 1.29 is 0 Å². The lowest BCUT2D eigenvalue weighted by molar-refractivity contribution is 0.857. The highest BCUT2D eigenvalue weighted by atomic mass is 14.1. The van der Waals surface area contributed by atoms with Gasteiger partial charge in [0.15, 0.2) is 0 Å². The van der Waals surface area contributed by atoms with Crippen LogP contribution in [0.5, 0.6) is 0 Å². The van der Waals surface area contributed by atoms with E-state index in [1.165, 1.54) is 22.3 Å². The Morgan fingerprint density at radius 2 is 1.71 bits per heavy atom. The average molecular weight is 234 g/mol. The van der Waals surface area contributed by atoms with Crippen molar-refractivity contribution >= 4 is 11.6 Å². The number of aryl methyl sites for hydroxylation is 1. The van der Waals surface area contributed by atoms with Crippen LogP contribution in [-0.2, 0) is 0 Å². The molecule has 0 nitrogen and oxygen atoms in total. The van der Waals surface area contributed by atoms with Gasteiger partial charge in [0.05, 0.1) is 0 Å². The Morgan fingerprint density at radius 3 is 2.12 bits per heavy atom. The molecule has 0 aliphatic rings. The molecular formula is C17H30. The molecule has 0 bridgehead atoms. The van der Waals surface area contributed by atoms with Gasteiger partial charge in [-0.05, 0) is 29.5 Å². The van der Waals surface area contributed by atoms with Crippen molar-refractivity contribution in [3.63, 3.8) is 0 Å². The van der Waals surface area contributed by atoms with Crippen molar-refractivity contribution in [2.45, 2.75) is 43.1 Å².